The minimum absolute atomic E-state index is 0.00446. The molecule has 0 heterocycles. The Labute approximate surface area is 128 Å². The average molecular weight is 305 g/mol. The molecule has 0 fully saturated rings. The first kappa shape index (κ1) is 17.4. The third kappa shape index (κ3) is 6.65. The molecule has 0 aliphatic heterocycles. The van der Waals surface area contributed by atoms with Gasteiger partial charge in [-0.1, -0.05) is 18.2 Å². The van der Waals surface area contributed by atoms with Crippen LogP contribution >= 0.6 is 0 Å². The molecule has 0 saturated heterocycles. The summed E-state index contributed by atoms with van der Waals surface area (Å²) in [6.45, 7) is 3.40. The third-order valence-electron chi connectivity index (χ3n) is 2.52. The maximum atomic E-state index is 11.7. The van der Waals surface area contributed by atoms with Crippen molar-refractivity contribution in [3.63, 3.8) is 0 Å². The van der Waals surface area contributed by atoms with Crippen LogP contribution < -0.4 is 10.7 Å². The predicted molar refractivity (Wildman–Crippen MR) is 81.3 cm³/mol. The molecular formula is C15H19N3O4. The van der Waals surface area contributed by atoms with E-state index in [-0.39, 0.29) is 18.9 Å². The van der Waals surface area contributed by atoms with E-state index in [2.05, 4.69) is 15.8 Å². The molecule has 0 bridgehead atoms. The van der Waals surface area contributed by atoms with Gasteiger partial charge in [-0.3, -0.25) is 14.4 Å². The van der Waals surface area contributed by atoms with Gasteiger partial charge in [-0.25, -0.2) is 5.43 Å². The van der Waals surface area contributed by atoms with Crippen LogP contribution in [0.1, 0.15) is 30.6 Å². The Morgan fingerprint density at radius 2 is 1.86 bits per heavy atom. The van der Waals surface area contributed by atoms with Gasteiger partial charge in [0.2, 0.25) is 0 Å². The van der Waals surface area contributed by atoms with Gasteiger partial charge in [0.05, 0.1) is 19.6 Å². The molecule has 118 valence electrons. The minimum atomic E-state index is -0.479. The lowest BCUT2D eigenvalue weighted by molar-refractivity contribution is -0.141. The number of amides is 2. The van der Waals surface area contributed by atoms with Gasteiger partial charge in [0.1, 0.15) is 0 Å². The Kier molecular flexibility index (Phi) is 7.32. The maximum absolute atomic E-state index is 11.7. The van der Waals surface area contributed by atoms with E-state index in [1.165, 1.54) is 0 Å². The molecule has 0 aromatic heterocycles. The van der Waals surface area contributed by atoms with E-state index in [0.717, 1.165) is 0 Å². The van der Waals surface area contributed by atoms with Gasteiger partial charge in [-0.15, -0.1) is 0 Å². The number of esters is 1. The number of benzene rings is 1. The van der Waals surface area contributed by atoms with Gasteiger partial charge in [-0.2, -0.15) is 5.10 Å². The highest BCUT2D eigenvalue weighted by molar-refractivity contribution is 5.98. The fraction of sp³-hybridized carbons (Fsp3) is 0.333. The quantitative estimate of drug-likeness (QED) is 0.443. The second-order valence-corrected chi connectivity index (χ2v) is 4.41. The van der Waals surface area contributed by atoms with Crippen molar-refractivity contribution in [2.45, 2.75) is 20.3 Å². The van der Waals surface area contributed by atoms with Crippen molar-refractivity contribution in [3.8, 4) is 0 Å². The Bertz CT molecular complexity index is 555. The molecule has 0 saturated carbocycles. The maximum Gasteiger partial charge on any atom is 0.311 e. The Morgan fingerprint density at radius 3 is 2.50 bits per heavy atom. The molecule has 0 atom stereocenters. The molecular weight excluding hydrogens is 286 g/mol. The minimum Gasteiger partial charge on any atom is -0.466 e. The van der Waals surface area contributed by atoms with Crippen LogP contribution in [0.3, 0.4) is 0 Å². The number of carbonyl (C=O) groups is 3. The van der Waals surface area contributed by atoms with Crippen LogP contribution in [-0.4, -0.2) is 36.6 Å². The lowest BCUT2D eigenvalue weighted by Gasteiger charge is -2.05. The summed E-state index contributed by atoms with van der Waals surface area (Å²) in [6, 6.07) is 8.56. The first-order chi connectivity index (χ1) is 10.5. The largest absolute Gasteiger partial charge is 0.466 e. The molecule has 0 spiro atoms. The van der Waals surface area contributed by atoms with Crippen molar-refractivity contribution >= 4 is 23.5 Å². The van der Waals surface area contributed by atoms with Crippen LogP contribution in [0.15, 0.2) is 35.4 Å². The van der Waals surface area contributed by atoms with Crippen molar-refractivity contribution in [1.82, 2.24) is 10.7 Å². The van der Waals surface area contributed by atoms with Crippen LogP contribution in [0.4, 0.5) is 0 Å². The number of nitrogens with one attached hydrogen (secondary N) is 2. The number of carbonyl (C=O) groups excluding carboxylic acids is 3. The summed E-state index contributed by atoms with van der Waals surface area (Å²) < 4.78 is 4.76. The summed E-state index contributed by atoms with van der Waals surface area (Å²) in [5, 5.41) is 6.23. The van der Waals surface area contributed by atoms with E-state index in [1.54, 1.807) is 44.2 Å². The second kappa shape index (κ2) is 9.28. The van der Waals surface area contributed by atoms with E-state index in [0.29, 0.717) is 17.9 Å². The van der Waals surface area contributed by atoms with Gasteiger partial charge in [0, 0.05) is 11.3 Å². The highest BCUT2D eigenvalue weighted by Crippen LogP contribution is 1.97. The molecule has 1 rings (SSSR count). The Morgan fingerprint density at radius 1 is 1.18 bits per heavy atom. The first-order valence-electron chi connectivity index (χ1n) is 6.83. The average Bonchev–Trinajstić information content (AvgIpc) is 2.51. The van der Waals surface area contributed by atoms with E-state index >= 15 is 0 Å². The van der Waals surface area contributed by atoms with Crippen LogP contribution in [0.25, 0.3) is 0 Å². The molecule has 0 aliphatic carbocycles. The van der Waals surface area contributed by atoms with E-state index in [4.69, 9.17) is 4.74 Å². The lowest BCUT2D eigenvalue weighted by Crippen LogP contribution is -2.35. The molecule has 0 aliphatic rings. The molecule has 7 nitrogen and oxygen atoms in total. The zero-order valence-corrected chi connectivity index (χ0v) is 12.6. The van der Waals surface area contributed by atoms with Crippen molar-refractivity contribution < 1.29 is 19.1 Å². The normalized spacial score (nSPS) is 10.7. The molecule has 2 N–H and O–H groups in total. The van der Waals surface area contributed by atoms with Gasteiger partial charge >= 0.3 is 5.97 Å². The standard InChI is InChI=1S/C15H19N3O4/c1-3-22-14(20)9-11(2)17-18-13(19)10-16-15(21)12-7-5-4-6-8-12/h4-8H,3,9-10H2,1-2H3,(H,16,21)(H,18,19)/b17-11+. The van der Waals surface area contributed by atoms with Crippen LogP contribution in [0.5, 0.6) is 0 Å². The van der Waals surface area contributed by atoms with Gasteiger partial charge in [0.15, 0.2) is 0 Å². The molecule has 2 amide bonds. The molecule has 22 heavy (non-hydrogen) atoms. The fourth-order valence-electron chi connectivity index (χ4n) is 1.51. The monoisotopic (exact) mass is 305 g/mol. The Hall–Kier alpha value is -2.70. The summed E-state index contributed by atoms with van der Waals surface area (Å²) in [5.74, 6) is -1.23. The highest BCUT2D eigenvalue weighted by atomic mass is 16.5. The fourth-order valence-corrected chi connectivity index (χ4v) is 1.51. The third-order valence-corrected chi connectivity index (χ3v) is 2.52. The van der Waals surface area contributed by atoms with Crippen LogP contribution in [0.2, 0.25) is 0 Å². The smallest absolute Gasteiger partial charge is 0.311 e. The summed E-state index contributed by atoms with van der Waals surface area (Å²) in [7, 11) is 0. The van der Waals surface area contributed by atoms with Crippen molar-refractivity contribution in [1.29, 1.82) is 0 Å². The molecule has 0 unspecified atom stereocenters. The number of hydrazone groups is 1. The number of nitrogens with zero attached hydrogens (tertiary/aromatic N) is 1. The van der Waals surface area contributed by atoms with Crippen LogP contribution in [0, 0.1) is 0 Å². The van der Waals surface area contributed by atoms with Crippen molar-refractivity contribution in [3.05, 3.63) is 35.9 Å². The van der Waals surface area contributed by atoms with E-state index < -0.39 is 11.9 Å². The van der Waals surface area contributed by atoms with E-state index in [9.17, 15) is 14.4 Å². The van der Waals surface area contributed by atoms with Gasteiger partial charge in [0.25, 0.3) is 11.8 Å². The SMILES string of the molecule is CCOC(=O)C/C(C)=N/NC(=O)CNC(=O)c1ccccc1. The highest BCUT2D eigenvalue weighted by Gasteiger charge is 2.08. The predicted octanol–water partition coefficient (Wildman–Crippen LogP) is 0.862. The summed E-state index contributed by atoms with van der Waals surface area (Å²) >= 11 is 0. The Balaban J connectivity index is 2.34. The number of hydrogen-bond acceptors (Lipinski definition) is 5. The van der Waals surface area contributed by atoms with Gasteiger partial charge < -0.3 is 10.1 Å². The molecule has 1 aromatic rings. The summed E-state index contributed by atoms with van der Waals surface area (Å²) in [5.41, 5.74) is 3.15. The van der Waals surface area contributed by atoms with Gasteiger partial charge in [-0.05, 0) is 26.0 Å². The number of ether oxygens (including phenoxy) is 1. The van der Waals surface area contributed by atoms with E-state index in [1.807, 2.05) is 0 Å². The number of hydrogen-bond donors (Lipinski definition) is 2. The second-order valence-electron chi connectivity index (χ2n) is 4.41. The van der Waals surface area contributed by atoms with Crippen molar-refractivity contribution in [2.24, 2.45) is 5.10 Å². The van der Waals surface area contributed by atoms with Crippen molar-refractivity contribution in [2.75, 3.05) is 13.2 Å². The summed E-state index contributed by atoms with van der Waals surface area (Å²) in [6.07, 6.45) is 0.00446. The molecule has 7 heteroatoms. The molecule has 1 aromatic carbocycles. The first-order valence-corrected chi connectivity index (χ1v) is 6.83. The topological polar surface area (TPSA) is 96.9 Å². The lowest BCUT2D eigenvalue weighted by atomic mass is 10.2. The molecule has 0 radical (unpaired) electrons. The van der Waals surface area contributed by atoms with Crippen LogP contribution in [-0.2, 0) is 14.3 Å². The zero-order chi connectivity index (χ0) is 16.4. The number of rotatable bonds is 7. The summed E-state index contributed by atoms with van der Waals surface area (Å²) in [4.78, 5) is 34.5. The zero-order valence-electron chi connectivity index (χ0n) is 12.6.